The van der Waals surface area contributed by atoms with Gasteiger partial charge in [0.1, 0.15) is 0 Å². The van der Waals surface area contributed by atoms with Gasteiger partial charge in [-0.15, -0.1) is 0 Å². The number of hydrogen-bond acceptors (Lipinski definition) is 2. The van der Waals surface area contributed by atoms with Gasteiger partial charge in [-0.2, -0.15) is 0 Å². The highest BCUT2D eigenvalue weighted by Crippen LogP contribution is 2.12. The van der Waals surface area contributed by atoms with Crippen LogP contribution in [0.1, 0.15) is 33.6 Å². The first-order valence-corrected chi connectivity index (χ1v) is 4.79. The van der Waals surface area contributed by atoms with Crippen LogP contribution in [-0.4, -0.2) is 30.2 Å². The number of nitrogens with zero attached hydrogens (tertiary/aromatic N) is 1. The third-order valence-electron chi connectivity index (χ3n) is 1.95. The van der Waals surface area contributed by atoms with Crippen molar-refractivity contribution in [1.82, 2.24) is 4.90 Å². The molecule has 0 unspecified atom stereocenters. The van der Waals surface area contributed by atoms with Gasteiger partial charge in [0, 0.05) is 13.1 Å². The summed E-state index contributed by atoms with van der Waals surface area (Å²) in [6.45, 7) is 11.7. The fourth-order valence-electron chi connectivity index (χ4n) is 1.33. The molecule has 12 heavy (non-hydrogen) atoms. The number of rotatable bonds is 3. The summed E-state index contributed by atoms with van der Waals surface area (Å²) >= 11 is 0. The van der Waals surface area contributed by atoms with Gasteiger partial charge in [-0.25, -0.2) is 0 Å². The van der Waals surface area contributed by atoms with Crippen molar-refractivity contribution in [3.05, 3.63) is 6.54 Å². The molecule has 1 rings (SSSR count). The van der Waals surface area contributed by atoms with Crippen molar-refractivity contribution in [3.63, 3.8) is 0 Å². The zero-order valence-electron chi connectivity index (χ0n) is 8.47. The van der Waals surface area contributed by atoms with E-state index in [9.17, 15) is 0 Å². The van der Waals surface area contributed by atoms with Crippen LogP contribution in [0.5, 0.6) is 0 Å². The van der Waals surface area contributed by atoms with Crippen LogP contribution in [0.4, 0.5) is 0 Å². The fourth-order valence-corrected chi connectivity index (χ4v) is 1.33. The average Bonchev–Trinajstić information content (AvgIpc) is 2.36. The summed E-state index contributed by atoms with van der Waals surface area (Å²) in [6, 6.07) is 0. The Balaban J connectivity index is 2.02. The highest BCUT2D eigenvalue weighted by atomic mass is 16.5. The van der Waals surface area contributed by atoms with Gasteiger partial charge in [0.15, 0.2) is 0 Å². The third-order valence-corrected chi connectivity index (χ3v) is 1.95. The molecule has 2 heteroatoms. The molecule has 0 amide bonds. The monoisotopic (exact) mass is 170 g/mol. The first-order chi connectivity index (χ1) is 5.58. The van der Waals surface area contributed by atoms with Gasteiger partial charge >= 0.3 is 0 Å². The average molecular weight is 170 g/mol. The fraction of sp³-hybridized carbons (Fsp3) is 0.900. The molecule has 2 nitrogen and oxygen atoms in total. The second-order valence-electron chi connectivity index (χ2n) is 4.32. The number of ether oxygens (including phenoxy) is 1. The van der Waals surface area contributed by atoms with Crippen molar-refractivity contribution >= 4 is 0 Å². The Kier molecular flexibility index (Phi) is 3.53. The number of hydrogen-bond donors (Lipinski definition) is 0. The Morgan fingerprint density at radius 1 is 1.42 bits per heavy atom. The van der Waals surface area contributed by atoms with Crippen molar-refractivity contribution in [1.29, 1.82) is 0 Å². The van der Waals surface area contributed by atoms with Crippen LogP contribution in [-0.2, 0) is 4.74 Å². The van der Waals surface area contributed by atoms with Crippen molar-refractivity contribution in [2.45, 2.75) is 39.2 Å². The summed E-state index contributed by atoms with van der Waals surface area (Å²) < 4.78 is 5.63. The van der Waals surface area contributed by atoms with Crippen molar-refractivity contribution in [3.8, 4) is 0 Å². The lowest BCUT2D eigenvalue weighted by Gasteiger charge is -2.22. The van der Waals surface area contributed by atoms with E-state index in [2.05, 4.69) is 32.2 Å². The Hall–Kier alpha value is -0.0800. The molecule has 71 valence electrons. The van der Waals surface area contributed by atoms with Crippen LogP contribution in [0.3, 0.4) is 0 Å². The van der Waals surface area contributed by atoms with Crippen LogP contribution in [0.2, 0.25) is 0 Å². The normalized spacial score (nSPS) is 20.2. The molecule has 0 aromatic rings. The molecule has 0 spiro atoms. The highest BCUT2D eigenvalue weighted by molar-refractivity contribution is 4.76. The van der Waals surface area contributed by atoms with E-state index in [-0.39, 0.29) is 5.60 Å². The van der Waals surface area contributed by atoms with Gasteiger partial charge in [0.2, 0.25) is 0 Å². The van der Waals surface area contributed by atoms with E-state index in [0.717, 1.165) is 13.2 Å². The standard InChI is InChI=1S/C10H20NO/c1-10(2,3)12-9-8-11-6-4-5-7-11/h6H,4-5,7-9H2,1-3H3. The molecule has 0 saturated carbocycles. The zero-order valence-corrected chi connectivity index (χ0v) is 8.47. The molecule has 0 atom stereocenters. The molecule has 1 saturated heterocycles. The first kappa shape index (κ1) is 10.0. The van der Waals surface area contributed by atoms with Gasteiger partial charge < -0.3 is 4.74 Å². The predicted octanol–water partition coefficient (Wildman–Crippen LogP) is 2.06. The lowest BCUT2D eigenvalue weighted by atomic mass is 10.2. The van der Waals surface area contributed by atoms with Crippen molar-refractivity contribution in [2.75, 3.05) is 19.7 Å². The molecule has 0 N–H and O–H groups in total. The first-order valence-electron chi connectivity index (χ1n) is 4.79. The van der Waals surface area contributed by atoms with E-state index in [4.69, 9.17) is 4.74 Å². The summed E-state index contributed by atoms with van der Waals surface area (Å²) in [5.41, 5.74) is 0.0136. The number of likely N-dealkylation sites (tertiary alicyclic amines) is 1. The van der Waals surface area contributed by atoms with E-state index in [1.807, 2.05) is 0 Å². The molecular weight excluding hydrogens is 150 g/mol. The molecule has 1 heterocycles. The minimum atomic E-state index is 0.0136. The quantitative estimate of drug-likeness (QED) is 0.643. The lowest BCUT2D eigenvalue weighted by Crippen LogP contribution is -2.27. The van der Waals surface area contributed by atoms with Crippen LogP contribution in [0, 0.1) is 6.54 Å². The smallest absolute Gasteiger partial charge is 0.0600 e. The van der Waals surface area contributed by atoms with Crippen LogP contribution < -0.4 is 0 Å². The zero-order chi connectivity index (χ0) is 9.03. The van der Waals surface area contributed by atoms with E-state index in [1.165, 1.54) is 19.4 Å². The molecule has 1 aliphatic rings. The van der Waals surface area contributed by atoms with E-state index in [1.54, 1.807) is 0 Å². The van der Waals surface area contributed by atoms with Gasteiger partial charge in [-0.3, -0.25) is 4.90 Å². The second-order valence-corrected chi connectivity index (χ2v) is 4.32. The minimum Gasteiger partial charge on any atom is -0.375 e. The van der Waals surface area contributed by atoms with E-state index in [0.29, 0.717) is 0 Å². The molecule has 1 aliphatic heterocycles. The van der Waals surface area contributed by atoms with E-state index < -0.39 is 0 Å². The molecule has 0 aromatic heterocycles. The maximum Gasteiger partial charge on any atom is 0.0600 e. The predicted molar refractivity (Wildman–Crippen MR) is 50.8 cm³/mol. The van der Waals surface area contributed by atoms with Crippen molar-refractivity contribution in [2.24, 2.45) is 0 Å². The Morgan fingerprint density at radius 2 is 2.17 bits per heavy atom. The van der Waals surface area contributed by atoms with E-state index >= 15 is 0 Å². The largest absolute Gasteiger partial charge is 0.375 e. The molecule has 1 radical (unpaired) electrons. The van der Waals surface area contributed by atoms with Crippen molar-refractivity contribution < 1.29 is 4.74 Å². The molecule has 1 fully saturated rings. The molecular formula is C10H20NO. The summed E-state index contributed by atoms with van der Waals surface area (Å²) in [5, 5.41) is 0. The SMILES string of the molecule is CC(C)(C)OCCN1[CH]CCC1. The van der Waals surface area contributed by atoms with Crippen LogP contribution in [0.15, 0.2) is 0 Å². The Morgan fingerprint density at radius 3 is 2.67 bits per heavy atom. The maximum atomic E-state index is 5.63. The topological polar surface area (TPSA) is 12.5 Å². The summed E-state index contributed by atoms with van der Waals surface area (Å²) in [5.74, 6) is 0. The Bertz CT molecular complexity index is 122. The molecule has 0 aromatic carbocycles. The maximum absolute atomic E-state index is 5.63. The second kappa shape index (κ2) is 4.24. The van der Waals surface area contributed by atoms with Gasteiger partial charge in [-0.1, -0.05) is 0 Å². The summed E-state index contributed by atoms with van der Waals surface area (Å²) in [4.78, 5) is 2.35. The third kappa shape index (κ3) is 4.07. The Labute approximate surface area is 75.9 Å². The van der Waals surface area contributed by atoms with Gasteiger partial charge in [-0.05, 0) is 40.2 Å². The lowest BCUT2D eigenvalue weighted by molar-refractivity contribution is -0.00916. The summed E-state index contributed by atoms with van der Waals surface area (Å²) in [6.07, 6.45) is 2.56. The van der Waals surface area contributed by atoms with Gasteiger partial charge in [0.05, 0.1) is 12.2 Å². The van der Waals surface area contributed by atoms with Crippen LogP contribution in [0.25, 0.3) is 0 Å². The highest BCUT2D eigenvalue weighted by Gasteiger charge is 2.14. The van der Waals surface area contributed by atoms with Crippen LogP contribution >= 0.6 is 0 Å². The molecule has 0 aliphatic carbocycles. The van der Waals surface area contributed by atoms with Gasteiger partial charge in [0.25, 0.3) is 0 Å². The minimum absolute atomic E-state index is 0.0136. The summed E-state index contributed by atoms with van der Waals surface area (Å²) in [7, 11) is 0. The molecule has 0 bridgehead atoms.